The van der Waals surface area contributed by atoms with Crippen LogP contribution in [0.2, 0.25) is 0 Å². The molecular weight excluding hydrogens is 281 g/mol. The Hall–Kier alpha value is -3.06. The maximum Gasteiger partial charge on any atom is 0.165 e. The minimum Gasteiger partial charge on any atom is -0.508 e. The molecule has 3 rings (SSSR count). The lowest BCUT2D eigenvalue weighted by atomic mass is 9.95. The molecule has 0 unspecified atom stereocenters. The molecule has 0 saturated heterocycles. The topological polar surface area (TPSA) is 64.2 Å². The number of aromatic hydroxyl groups is 2. The number of fused-ring (bicyclic) bond motifs is 1. The highest BCUT2D eigenvalue weighted by atomic mass is 19.1. The molecule has 0 atom stereocenters. The van der Waals surface area contributed by atoms with E-state index in [1.807, 2.05) is 0 Å². The largest absolute Gasteiger partial charge is 0.508 e. The Morgan fingerprint density at radius 3 is 2.27 bits per heavy atom. The van der Waals surface area contributed by atoms with E-state index in [1.54, 1.807) is 31.2 Å². The van der Waals surface area contributed by atoms with Crippen molar-refractivity contribution in [2.24, 2.45) is 0 Å². The Bertz CT molecular complexity index is 942. The standard InChI is InChI=1S/C18H12FNO2/c1-10-14-4-2-11(12-3-5-17(21)16(19)7-12)6-15(14)13(9-20)8-18(10)22/h2-8,21-22H,1H3. The third kappa shape index (κ3) is 2.13. The van der Waals surface area contributed by atoms with Crippen LogP contribution < -0.4 is 0 Å². The monoisotopic (exact) mass is 293 g/mol. The van der Waals surface area contributed by atoms with Crippen molar-refractivity contribution in [2.75, 3.05) is 0 Å². The van der Waals surface area contributed by atoms with Gasteiger partial charge < -0.3 is 10.2 Å². The first-order valence-electron chi connectivity index (χ1n) is 6.66. The number of hydrogen-bond acceptors (Lipinski definition) is 3. The molecule has 0 amide bonds. The molecule has 0 bridgehead atoms. The van der Waals surface area contributed by atoms with Gasteiger partial charge in [0, 0.05) is 5.39 Å². The first-order valence-corrected chi connectivity index (χ1v) is 6.66. The first-order chi connectivity index (χ1) is 10.5. The Kier molecular flexibility index (Phi) is 3.19. The van der Waals surface area contributed by atoms with E-state index in [1.165, 1.54) is 18.2 Å². The number of rotatable bonds is 1. The lowest BCUT2D eigenvalue weighted by Gasteiger charge is -2.10. The summed E-state index contributed by atoms with van der Waals surface area (Å²) >= 11 is 0. The number of phenolic OH excluding ortho intramolecular Hbond substituents is 2. The van der Waals surface area contributed by atoms with Crippen molar-refractivity contribution in [1.82, 2.24) is 0 Å². The molecule has 3 nitrogen and oxygen atoms in total. The molecular formula is C18H12FNO2. The average Bonchev–Trinajstić information content (AvgIpc) is 2.53. The van der Waals surface area contributed by atoms with E-state index >= 15 is 0 Å². The van der Waals surface area contributed by atoms with Gasteiger partial charge in [0.25, 0.3) is 0 Å². The fourth-order valence-electron chi connectivity index (χ4n) is 2.51. The summed E-state index contributed by atoms with van der Waals surface area (Å²) in [4.78, 5) is 0. The normalized spacial score (nSPS) is 10.6. The summed E-state index contributed by atoms with van der Waals surface area (Å²) in [6.07, 6.45) is 0. The number of halogens is 1. The van der Waals surface area contributed by atoms with Gasteiger partial charge in [0.2, 0.25) is 0 Å². The number of benzene rings is 3. The number of hydrogen-bond donors (Lipinski definition) is 2. The summed E-state index contributed by atoms with van der Waals surface area (Å²) in [7, 11) is 0. The summed E-state index contributed by atoms with van der Waals surface area (Å²) in [6, 6.07) is 13.0. The van der Waals surface area contributed by atoms with Gasteiger partial charge >= 0.3 is 0 Å². The molecule has 2 N–H and O–H groups in total. The Morgan fingerprint density at radius 1 is 0.909 bits per heavy atom. The maximum atomic E-state index is 13.5. The van der Waals surface area contributed by atoms with Crippen molar-refractivity contribution in [3.8, 4) is 28.7 Å². The smallest absolute Gasteiger partial charge is 0.165 e. The van der Waals surface area contributed by atoms with E-state index in [-0.39, 0.29) is 5.75 Å². The van der Waals surface area contributed by atoms with Gasteiger partial charge in [-0.05, 0) is 53.3 Å². The molecule has 3 aromatic rings. The van der Waals surface area contributed by atoms with Gasteiger partial charge in [0.1, 0.15) is 5.75 Å². The molecule has 0 saturated carbocycles. The molecule has 0 aliphatic rings. The van der Waals surface area contributed by atoms with E-state index in [4.69, 9.17) is 0 Å². The van der Waals surface area contributed by atoms with E-state index in [0.717, 1.165) is 10.9 Å². The minimum absolute atomic E-state index is 0.0764. The maximum absolute atomic E-state index is 13.5. The lowest BCUT2D eigenvalue weighted by molar-refractivity contribution is 0.432. The van der Waals surface area contributed by atoms with Crippen molar-refractivity contribution >= 4 is 10.8 Å². The zero-order valence-electron chi connectivity index (χ0n) is 11.8. The lowest BCUT2D eigenvalue weighted by Crippen LogP contribution is -1.88. The molecule has 0 aliphatic carbocycles. The highest BCUT2D eigenvalue weighted by Gasteiger charge is 2.11. The van der Waals surface area contributed by atoms with Crippen LogP contribution >= 0.6 is 0 Å². The van der Waals surface area contributed by atoms with Crippen LogP contribution in [0.25, 0.3) is 21.9 Å². The van der Waals surface area contributed by atoms with Crippen molar-refractivity contribution in [2.45, 2.75) is 6.92 Å². The summed E-state index contributed by atoms with van der Waals surface area (Å²) in [5.41, 5.74) is 2.39. The van der Waals surface area contributed by atoms with Crippen LogP contribution in [0.3, 0.4) is 0 Å². The van der Waals surface area contributed by atoms with Crippen molar-refractivity contribution < 1.29 is 14.6 Å². The van der Waals surface area contributed by atoms with Crippen LogP contribution in [0, 0.1) is 24.1 Å². The molecule has 108 valence electrons. The molecule has 3 aromatic carbocycles. The predicted octanol–water partition coefficient (Wildman–Crippen LogP) is 4.24. The molecule has 0 spiro atoms. The second-order valence-corrected chi connectivity index (χ2v) is 5.11. The van der Waals surface area contributed by atoms with Crippen molar-refractivity contribution in [3.63, 3.8) is 0 Å². The number of phenols is 2. The molecule has 0 fully saturated rings. The average molecular weight is 293 g/mol. The van der Waals surface area contributed by atoms with Gasteiger partial charge in [0.15, 0.2) is 11.6 Å². The predicted molar refractivity (Wildman–Crippen MR) is 82.1 cm³/mol. The third-order valence-corrected chi connectivity index (χ3v) is 3.78. The fraction of sp³-hybridized carbons (Fsp3) is 0.0556. The SMILES string of the molecule is Cc1c(O)cc(C#N)c2cc(-c3ccc(O)c(F)c3)ccc12. The Labute approximate surface area is 126 Å². The molecule has 22 heavy (non-hydrogen) atoms. The third-order valence-electron chi connectivity index (χ3n) is 3.78. The Balaban J connectivity index is 2.28. The molecule has 4 heteroatoms. The summed E-state index contributed by atoms with van der Waals surface area (Å²) in [5, 5.41) is 29.8. The van der Waals surface area contributed by atoms with Gasteiger partial charge in [0.05, 0.1) is 11.6 Å². The van der Waals surface area contributed by atoms with Crippen LogP contribution in [0.4, 0.5) is 4.39 Å². The number of nitriles is 1. The molecule has 0 radical (unpaired) electrons. The van der Waals surface area contributed by atoms with Crippen LogP contribution in [-0.4, -0.2) is 10.2 Å². The Morgan fingerprint density at radius 2 is 1.59 bits per heavy atom. The molecule has 0 aliphatic heterocycles. The highest BCUT2D eigenvalue weighted by Crippen LogP contribution is 2.33. The second-order valence-electron chi connectivity index (χ2n) is 5.11. The first kappa shape index (κ1) is 13.9. The summed E-state index contributed by atoms with van der Waals surface area (Å²) in [6.45, 7) is 1.78. The van der Waals surface area contributed by atoms with Gasteiger partial charge in [-0.1, -0.05) is 18.2 Å². The van der Waals surface area contributed by atoms with Crippen molar-refractivity contribution in [3.05, 3.63) is 59.4 Å². The summed E-state index contributed by atoms with van der Waals surface area (Å²) in [5.74, 6) is -1.02. The highest BCUT2D eigenvalue weighted by molar-refractivity contribution is 5.95. The quantitative estimate of drug-likeness (QED) is 0.705. The number of nitrogens with zero attached hydrogens (tertiary/aromatic N) is 1. The minimum atomic E-state index is -0.694. The van der Waals surface area contributed by atoms with E-state index in [2.05, 4.69) is 6.07 Å². The number of aryl methyl sites for hydroxylation is 1. The van der Waals surface area contributed by atoms with Gasteiger partial charge in [-0.2, -0.15) is 5.26 Å². The van der Waals surface area contributed by atoms with Crippen LogP contribution in [0.1, 0.15) is 11.1 Å². The fourth-order valence-corrected chi connectivity index (χ4v) is 2.51. The van der Waals surface area contributed by atoms with E-state index in [0.29, 0.717) is 22.1 Å². The van der Waals surface area contributed by atoms with Gasteiger partial charge in [-0.25, -0.2) is 4.39 Å². The molecule has 0 aromatic heterocycles. The second kappa shape index (κ2) is 5.05. The van der Waals surface area contributed by atoms with E-state index in [9.17, 15) is 19.9 Å². The zero-order chi connectivity index (χ0) is 15.9. The van der Waals surface area contributed by atoms with Gasteiger partial charge in [-0.15, -0.1) is 0 Å². The van der Waals surface area contributed by atoms with Crippen LogP contribution in [0.15, 0.2) is 42.5 Å². The summed E-state index contributed by atoms with van der Waals surface area (Å²) < 4.78 is 13.5. The van der Waals surface area contributed by atoms with Crippen LogP contribution in [-0.2, 0) is 0 Å². The van der Waals surface area contributed by atoms with Crippen molar-refractivity contribution in [1.29, 1.82) is 5.26 Å². The zero-order valence-corrected chi connectivity index (χ0v) is 11.8. The van der Waals surface area contributed by atoms with E-state index < -0.39 is 11.6 Å². The van der Waals surface area contributed by atoms with Gasteiger partial charge in [-0.3, -0.25) is 0 Å². The van der Waals surface area contributed by atoms with Crippen LogP contribution in [0.5, 0.6) is 11.5 Å². The molecule has 0 heterocycles.